The lowest BCUT2D eigenvalue weighted by Crippen LogP contribution is -2.24. The third-order valence-electron chi connectivity index (χ3n) is 3.32. The van der Waals surface area contributed by atoms with Gasteiger partial charge in [0, 0.05) is 25.0 Å². The highest BCUT2D eigenvalue weighted by Gasteiger charge is 2.19. The van der Waals surface area contributed by atoms with E-state index in [4.69, 9.17) is 0 Å². The minimum Gasteiger partial charge on any atom is -0.478 e. The van der Waals surface area contributed by atoms with Gasteiger partial charge in [0.1, 0.15) is 0 Å². The highest BCUT2D eigenvalue weighted by atomic mass is 16.4. The average molecular weight is 275 g/mol. The quantitative estimate of drug-likeness (QED) is 0.919. The van der Waals surface area contributed by atoms with Crippen LogP contribution in [0, 0.1) is 13.8 Å². The molecular weight excluding hydrogens is 258 g/mol. The molecule has 0 aromatic carbocycles. The summed E-state index contributed by atoms with van der Waals surface area (Å²) in [5, 5.41) is 13.6. The van der Waals surface area contributed by atoms with Crippen LogP contribution in [0.3, 0.4) is 0 Å². The van der Waals surface area contributed by atoms with Gasteiger partial charge in [-0.25, -0.2) is 4.79 Å². The number of aromatic nitrogens is 3. The third-order valence-corrected chi connectivity index (χ3v) is 3.32. The number of rotatable bonds is 3. The van der Waals surface area contributed by atoms with Gasteiger partial charge < -0.3 is 5.11 Å². The Morgan fingerprint density at radius 2 is 2.05 bits per heavy atom. The summed E-state index contributed by atoms with van der Waals surface area (Å²) in [6.07, 6.45) is 2.40. The largest absolute Gasteiger partial charge is 0.478 e. The molecule has 20 heavy (non-hydrogen) atoms. The predicted molar refractivity (Wildman–Crippen MR) is 74.6 cm³/mol. The summed E-state index contributed by atoms with van der Waals surface area (Å²) in [6, 6.07) is 1.35. The number of pyridine rings is 1. The molecule has 0 amide bonds. The van der Waals surface area contributed by atoms with Crippen molar-refractivity contribution in [2.75, 3.05) is 0 Å². The molecule has 0 radical (unpaired) electrons. The van der Waals surface area contributed by atoms with Crippen molar-refractivity contribution in [2.45, 2.75) is 27.2 Å². The number of hydrogen-bond donors (Lipinski definition) is 1. The van der Waals surface area contributed by atoms with E-state index >= 15 is 0 Å². The molecule has 2 aromatic rings. The summed E-state index contributed by atoms with van der Waals surface area (Å²) in [5.41, 5.74) is 2.21. The first-order valence-electron chi connectivity index (χ1n) is 6.36. The van der Waals surface area contributed by atoms with Crippen molar-refractivity contribution in [3.8, 4) is 5.69 Å². The topological polar surface area (TPSA) is 77.1 Å². The Kier molecular flexibility index (Phi) is 3.48. The molecule has 0 atom stereocenters. The fourth-order valence-electron chi connectivity index (χ4n) is 2.47. The molecule has 2 heterocycles. The third kappa shape index (κ3) is 2.13. The first-order chi connectivity index (χ1) is 9.36. The van der Waals surface area contributed by atoms with E-state index in [1.54, 1.807) is 31.8 Å². The lowest BCUT2D eigenvalue weighted by molar-refractivity contribution is 0.0694. The number of aryl methyl sites for hydroxylation is 3. The molecule has 2 rings (SSSR count). The van der Waals surface area contributed by atoms with Gasteiger partial charge in [0.05, 0.1) is 16.9 Å². The molecule has 6 heteroatoms. The highest BCUT2D eigenvalue weighted by Crippen LogP contribution is 2.18. The van der Waals surface area contributed by atoms with E-state index in [1.807, 2.05) is 6.92 Å². The first-order valence-corrected chi connectivity index (χ1v) is 6.36. The molecule has 6 nitrogen and oxygen atoms in total. The summed E-state index contributed by atoms with van der Waals surface area (Å²) < 4.78 is 3.04. The average Bonchev–Trinajstić information content (AvgIpc) is 2.69. The molecule has 0 spiro atoms. The van der Waals surface area contributed by atoms with Gasteiger partial charge in [0.2, 0.25) is 0 Å². The number of carbonyl (C=O) groups is 1. The Hall–Kier alpha value is -2.37. The van der Waals surface area contributed by atoms with Gasteiger partial charge >= 0.3 is 5.97 Å². The van der Waals surface area contributed by atoms with Crippen LogP contribution in [0.4, 0.5) is 0 Å². The van der Waals surface area contributed by atoms with Crippen molar-refractivity contribution >= 4 is 5.97 Å². The monoisotopic (exact) mass is 275 g/mol. The predicted octanol–water partition coefficient (Wildman–Crippen LogP) is 1.45. The molecule has 2 aromatic heterocycles. The Labute approximate surface area is 116 Å². The van der Waals surface area contributed by atoms with Crippen LogP contribution in [-0.4, -0.2) is 25.4 Å². The van der Waals surface area contributed by atoms with E-state index in [9.17, 15) is 14.7 Å². The van der Waals surface area contributed by atoms with Crippen LogP contribution in [0.2, 0.25) is 0 Å². The molecule has 0 bridgehead atoms. The van der Waals surface area contributed by atoms with E-state index < -0.39 is 5.97 Å². The Balaban J connectivity index is 2.84. The van der Waals surface area contributed by atoms with Crippen LogP contribution >= 0.6 is 0 Å². The van der Waals surface area contributed by atoms with Crippen LogP contribution in [0.25, 0.3) is 5.69 Å². The van der Waals surface area contributed by atoms with Gasteiger partial charge in [-0.3, -0.25) is 14.0 Å². The summed E-state index contributed by atoms with van der Waals surface area (Å²) >= 11 is 0. The molecule has 0 aliphatic carbocycles. The van der Waals surface area contributed by atoms with Gasteiger partial charge in [0.25, 0.3) is 5.56 Å². The molecular formula is C14H17N3O3. The van der Waals surface area contributed by atoms with Crippen LogP contribution in [0.5, 0.6) is 0 Å². The molecule has 0 fully saturated rings. The molecule has 0 aliphatic rings. The van der Waals surface area contributed by atoms with E-state index in [0.717, 1.165) is 5.69 Å². The van der Waals surface area contributed by atoms with Crippen molar-refractivity contribution in [3.05, 3.63) is 45.1 Å². The highest BCUT2D eigenvalue weighted by molar-refractivity contribution is 5.90. The maximum absolute atomic E-state index is 12.2. The lowest BCUT2D eigenvalue weighted by atomic mass is 10.1. The second-order valence-electron chi connectivity index (χ2n) is 4.75. The number of aromatic carboxylic acids is 1. The molecule has 1 N–H and O–H groups in total. The van der Waals surface area contributed by atoms with E-state index in [1.165, 1.54) is 10.6 Å². The Bertz CT molecular complexity index is 741. The van der Waals surface area contributed by atoms with Crippen LogP contribution in [0.1, 0.15) is 34.2 Å². The zero-order chi connectivity index (χ0) is 15.0. The van der Waals surface area contributed by atoms with Gasteiger partial charge in [-0.1, -0.05) is 6.92 Å². The van der Waals surface area contributed by atoms with Gasteiger partial charge in [-0.2, -0.15) is 5.10 Å². The minimum atomic E-state index is -1.03. The summed E-state index contributed by atoms with van der Waals surface area (Å²) in [4.78, 5) is 23.6. The van der Waals surface area contributed by atoms with Crippen molar-refractivity contribution in [1.29, 1.82) is 0 Å². The second-order valence-corrected chi connectivity index (χ2v) is 4.75. The normalized spacial score (nSPS) is 10.8. The van der Waals surface area contributed by atoms with E-state index in [-0.39, 0.29) is 11.1 Å². The fourth-order valence-corrected chi connectivity index (χ4v) is 2.47. The van der Waals surface area contributed by atoms with Crippen LogP contribution in [-0.2, 0) is 13.5 Å². The van der Waals surface area contributed by atoms with Crippen molar-refractivity contribution in [1.82, 2.24) is 14.3 Å². The minimum absolute atomic E-state index is 0.163. The van der Waals surface area contributed by atoms with Gasteiger partial charge in [-0.15, -0.1) is 0 Å². The molecule has 0 unspecified atom stereocenters. The maximum atomic E-state index is 12.2. The van der Waals surface area contributed by atoms with Crippen molar-refractivity contribution in [2.24, 2.45) is 7.05 Å². The van der Waals surface area contributed by atoms with E-state index in [0.29, 0.717) is 23.4 Å². The van der Waals surface area contributed by atoms with Gasteiger partial charge in [-0.05, 0) is 25.8 Å². The first kappa shape index (κ1) is 14.0. The van der Waals surface area contributed by atoms with Crippen molar-refractivity contribution < 1.29 is 9.90 Å². The maximum Gasteiger partial charge on any atom is 0.337 e. The Morgan fingerprint density at radius 3 is 2.60 bits per heavy atom. The number of nitrogens with zero attached hydrogens (tertiary/aromatic N) is 3. The molecule has 0 saturated carbocycles. The van der Waals surface area contributed by atoms with E-state index in [2.05, 4.69) is 5.10 Å². The number of carboxylic acid groups (broad SMARTS) is 1. The fraction of sp³-hybridized carbons (Fsp3) is 0.357. The molecule has 106 valence electrons. The zero-order valence-corrected chi connectivity index (χ0v) is 12.0. The second kappa shape index (κ2) is 4.96. The number of carboxylic acids is 1. The molecule has 0 saturated heterocycles. The standard InChI is InChI=1S/C14H17N3O3/c1-5-10-11(7-16(4)15-10)17-9(3)13(14(19)20)8(2)6-12(17)18/h6-7H,5H2,1-4H3,(H,19,20). The van der Waals surface area contributed by atoms with Crippen LogP contribution < -0.4 is 5.56 Å². The lowest BCUT2D eigenvalue weighted by Gasteiger charge is -2.13. The zero-order valence-electron chi connectivity index (χ0n) is 12.0. The summed E-state index contributed by atoms with van der Waals surface area (Å²) in [7, 11) is 1.77. The van der Waals surface area contributed by atoms with Gasteiger partial charge in [0.15, 0.2) is 0 Å². The SMILES string of the molecule is CCc1nn(C)cc1-n1c(C)c(C(=O)O)c(C)cc1=O. The van der Waals surface area contributed by atoms with Crippen LogP contribution in [0.15, 0.2) is 17.1 Å². The number of hydrogen-bond acceptors (Lipinski definition) is 3. The molecule has 0 aliphatic heterocycles. The summed E-state index contributed by atoms with van der Waals surface area (Å²) in [5.74, 6) is -1.03. The smallest absolute Gasteiger partial charge is 0.337 e. The summed E-state index contributed by atoms with van der Waals surface area (Å²) in [6.45, 7) is 5.22. The van der Waals surface area contributed by atoms with Crippen molar-refractivity contribution in [3.63, 3.8) is 0 Å². The Morgan fingerprint density at radius 1 is 1.40 bits per heavy atom.